The lowest BCUT2D eigenvalue weighted by atomic mass is 10.2. The summed E-state index contributed by atoms with van der Waals surface area (Å²) >= 11 is 0. The van der Waals surface area contributed by atoms with Gasteiger partial charge in [-0.25, -0.2) is 0 Å². The molecule has 0 aromatic heterocycles. The zero-order chi connectivity index (χ0) is 17.4. The third kappa shape index (κ3) is 5.85. The van der Waals surface area contributed by atoms with Crippen molar-refractivity contribution in [2.24, 2.45) is 0 Å². The average Bonchev–Trinajstić information content (AvgIpc) is 2.57. The zero-order valence-corrected chi connectivity index (χ0v) is 14.1. The molecule has 126 valence electrons. The van der Waals surface area contributed by atoms with Crippen molar-refractivity contribution in [2.75, 3.05) is 24.2 Å². The number of amides is 2. The summed E-state index contributed by atoms with van der Waals surface area (Å²) in [5.41, 5.74) is 2.60. The normalized spacial score (nSPS) is 10.5. The fourth-order valence-electron chi connectivity index (χ4n) is 2.28. The topological polar surface area (TPSA) is 61.4 Å². The third-order valence-corrected chi connectivity index (χ3v) is 3.48. The van der Waals surface area contributed by atoms with Gasteiger partial charge in [0.25, 0.3) is 0 Å². The third-order valence-electron chi connectivity index (χ3n) is 3.48. The SMILES string of the molecule is CCC(=O)Nc1ccc(NC(=O)CN(C)Cc2ccccc2)cc1. The molecule has 0 saturated heterocycles. The van der Waals surface area contributed by atoms with E-state index in [1.165, 1.54) is 5.56 Å². The van der Waals surface area contributed by atoms with Gasteiger partial charge in [0.05, 0.1) is 6.54 Å². The minimum Gasteiger partial charge on any atom is -0.326 e. The van der Waals surface area contributed by atoms with Gasteiger partial charge >= 0.3 is 0 Å². The van der Waals surface area contributed by atoms with Gasteiger partial charge in [-0.1, -0.05) is 37.3 Å². The fraction of sp³-hybridized carbons (Fsp3) is 0.263. The standard InChI is InChI=1S/C19H23N3O2/c1-3-18(23)20-16-9-11-17(12-10-16)21-19(24)14-22(2)13-15-7-5-4-6-8-15/h4-12H,3,13-14H2,1-2H3,(H,20,23)(H,21,24). The van der Waals surface area contributed by atoms with E-state index in [0.717, 1.165) is 12.2 Å². The second-order valence-electron chi connectivity index (χ2n) is 5.69. The van der Waals surface area contributed by atoms with Crippen molar-refractivity contribution in [1.29, 1.82) is 0 Å². The lowest BCUT2D eigenvalue weighted by Crippen LogP contribution is -2.29. The predicted molar refractivity (Wildman–Crippen MR) is 96.8 cm³/mol. The van der Waals surface area contributed by atoms with Crippen molar-refractivity contribution in [1.82, 2.24) is 4.90 Å². The van der Waals surface area contributed by atoms with Crippen molar-refractivity contribution in [3.63, 3.8) is 0 Å². The Bertz CT molecular complexity index is 669. The molecule has 0 aliphatic carbocycles. The van der Waals surface area contributed by atoms with Crippen molar-refractivity contribution in [3.05, 3.63) is 60.2 Å². The molecule has 0 saturated carbocycles. The maximum atomic E-state index is 12.1. The molecule has 2 N–H and O–H groups in total. The van der Waals surface area contributed by atoms with Crippen LogP contribution in [0, 0.1) is 0 Å². The van der Waals surface area contributed by atoms with Gasteiger partial charge in [-0.2, -0.15) is 0 Å². The Balaban J connectivity index is 1.82. The van der Waals surface area contributed by atoms with Crippen LogP contribution in [0.5, 0.6) is 0 Å². The van der Waals surface area contributed by atoms with Crippen LogP contribution in [0.2, 0.25) is 0 Å². The summed E-state index contributed by atoms with van der Waals surface area (Å²) in [5, 5.41) is 5.63. The molecule has 2 amide bonds. The monoisotopic (exact) mass is 325 g/mol. The van der Waals surface area contributed by atoms with Gasteiger partial charge in [-0.05, 0) is 36.9 Å². The minimum absolute atomic E-state index is 0.0330. The van der Waals surface area contributed by atoms with Gasteiger partial charge in [0, 0.05) is 24.3 Å². The van der Waals surface area contributed by atoms with Gasteiger partial charge < -0.3 is 10.6 Å². The molecule has 0 fully saturated rings. The number of carbonyl (C=O) groups excluding carboxylic acids is 2. The molecular formula is C19H23N3O2. The van der Waals surface area contributed by atoms with Crippen molar-refractivity contribution >= 4 is 23.2 Å². The lowest BCUT2D eigenvalue weighted by molar-refractivity contribution is -0.117. The molecule has 24 heavy (non-hydrogen) atoms. The van der Waals surface area contributed by atoms with Gasteiger partial charge in [-0.3, -0.25) is 14.5 Å². The number of hydrogen-bond donors (Lipinski definition) is 2. The molecule has 5 nitrogen and oxygen atoms in total. The summed E-state index contributed by atoms with van der Waals surface area (Å²) in [6.45, 7) is 2.83. The van der Waals surface area contributed by atoms with Crippen LogP contribution in [0.4, 0.5) is 11.4 Å². The van der Waals surface area contributed by atoms with Gasteiger partial charge in [0.1, 0.15) is 0 Å². The molecule has 2 aromatic rings. The van der Waals surface area contributed by atoms with Crippen LogP contribution >= 0.6 is 0 Å². The molecular weight excluding hydrogens is 302 g/mol. The summed E-state index contributed by atoms with van der Waals surface area (Å²) < 4.78 is 0. The quantitative estimate of drug-likeness (QED) is 0.822. The number of benzene rings is 2. The van der Waals surface area contributed by atoms with Crippen LogP contribution in [0.1, 0.15) is 18.9 Å². The average molecular weight is 325 g/mol. The molecule has 0 bridgehead atoms. The molecule has 0 heterocycles. The van der Waals surface area contributed by atoms with E-state index >= 15 is 0 Å². The summed E-state index contributed by atoms with van der Waals surface area (Å²) in [5.74, 6) is -0.104. The highest BCUT2D eigenvalue weighted by Crippen LogP contribution is 2.14. The van der Waals surface area contributed by atoms with E-state index < -0.39 is 0 Å². The molecule has 0 spiro atoms. The van der Waals surface area contributed by atoms with Crippen LogP contribution in [-0.2, 0) is 16.1 Å². The summed E-state index contributed by atoms with van der Waals surface area (Å²) in [6, 6.07) is 17.1. The molecule has 0 aliphatic heterocycles. The number of nitrogens with one attached hydrogen (secondary N) is 2. The van der Waals surface area contributed by atoms with E-state index in [0.29, 0.717) is 18.7 Å². The van der Waals surface area contributed by atoms with E-state index in [9.17, 15) is 9.59 Å². The molecule has 0 aliphatic rings. The first-order valence-corrected chi connectivity index (χ1v) is 7.99. The summed E-state index contributed by atoms with van der Waals surface area (Å²) in [4.78, 5) is 25.4. The first kappa shape index (κ1) is 17.7. The number of rotatable bonds is 7. The van der Waals surface area contributed by atoms with Crippen LogP contribution in [0.15, 0.2) is 54.6 Å². The Hall–Kier alpha value is -2.66. The summed E-state index contributed by atoms with van der Waals surface area (Å²) in [7, 11) is 1.91. The van der Waals surface area contributed by atoms with E-state index in [4.69, 9.17) is 0 Å². The minimum atomic E-state index is -0.0706. The molecule has 0 unspecified atom stereocenters. The molecule has 2 rings (SSSR count). The first-order valence-electron chi connectivity index (χ1n) is 7.99. The molecule has 0 radical (unpaired) electrons. The highest BCUT2D eigenvalue weighted by Gasteiger charge is 2.08. The van der Waals surface area contributed by atoms with E-state index in [2.05, 4.69) is 10.6 Å². The number of hydrogen-bond acceptors (Lipinski definition) is 3. The number of likely N-dealkylation sites (N-methyl/N-ethyl adjacent to an activating group) is 1. The van der Waals surface area contributed by atoms with Crippen molar-refractivity contribution in [3.8, 4) is 0 Å². The number of anilines is 2. The van der Waals surface area contributed by atoms with Gasteiger partial charge in [-0.15, -0.1) is 0 Å². The molecule has 0 atom stereocenters. The predicted octanol–water partition coefficient (Wildman–Crippen LogP) is 3.11. The molecule has 5 heteroatoms. The Morgan fingerprint density at radius 1 is 0.875 bits per heavy atom. The van der Waals surface area contributed by atoms with Crippen LogP contribution in [0.3, 0.4) is 0 Å². The molecule has 2 aromatic carbocycles. The van der Waals surface area contributed by atoms with E-state index in [1.807, 2.05) is 42.3 Å². The maximum absolute atomic E-state index is 12.1. The maximum Gasteiger partial charge on any atom is 0.238 e. The second kappa shape index (κ2) is 8.84. The Morgan fingerprint density at radius 3 is 1.96 bits per heavy atom. The first-order chi connectivity index (χ1) is 11.6. The van der Waals surface area contributed by atoms with Crippen LogP contribution in [-0.4, -0.2) is 30.3 Å². The van der Waals surface area contributed by atoms with Crippen molar-refractivity contribution in [2.45, 2.75) is 19.9 Å². The van der Waals surface area contributed by atoms with Crippen molar-refractivity contribution < 1.29 is 9.59 Å². The lowest BCUT2D eigenvalue weighted by Gasteiger charge is -2.16. The van der Waals surface area contributed by atoms with Gasteiger partial charge in [0.2, 0.25) is 11.8 Å². The number of nitrogens with zero attached hydrogens (tertiary/aromatic N) is 1. The van der Waals surface area contributed by atoms with Gasteiger partial charge in [0.15, 0.2) is 0 Å². The largest absolute Gasteiger partial charge is 0.326 e. The second-order valence-corrected chi connectivity index (χ2v) is 5.69. The Labute approximate surface area is 142 Å². The zero-order valence-electron chi connectivity index (χ0n) is 14.1. The summed E-state index contributed by atoms with van der Waals surface area (Å²) in [6.07, 6.45) is 0.437. The Kier molecular flexibility index (Phi) is 6.51. The van der Waals surface area contributed by atoms with Crippen LogP contribution < -0.4 is 10.6 Å². The van der Waals surface area contributed by atoms with Crippen LogP contribution in [0.25, 0.3) is 0 Å². The highest BCUT2D eigenvalue weighted by atomic mass is 16.2. The smallest absolute Gasteiger partial charge is 0.238 e. The fourth-order valence-corrected chi connectivity index (χ4v) is 2.28. The number of carbonyl (C=O) groups is 2. The Morgan fingerprint density at radius 2 is 1.42 bits per heavy atom. The highest BCUT2D eigenvalue weighted by molar-refractivity contribution is 5.93. The van der Waals surface area contributed by atoms with E-state index in [1.54, 1.807) is 31.2 Å². The van der Waals surface area contributed by atoms with E-state index in [-0.39, 0.29) is 11.8 Å².